The average molecular weight is 297 g/mol. The number of aliphatic carboxylic acids is 1. The second-order valence-corrected chi connectivity index (χ2v) is 4.78. The Morgan fingerprint density at radius 1 is 1.43 bits per heavy atom. The van der Waals surface area contributed by atoms with E-state index < -0.39 is 17.8 Å². The van der Waals surface area contributed by atoms with Crippen molar-refractivity contribution in [1.29, 1.82) is 0 Å². The summed E-state index contributed by atoms with van der Waals surface area (Å²) in [7, 11) is 1.57. The molecular formula is C15H20FNO4. The number of rotatable bonds is 9. The van der Waals surface area contributed by atoms with Crippen molar-refractivity contribution in [2.24, 2.45) is 0 Å². The number of aryl methyl sites for hydroxylation is 1. The van der Waals surface area contributed by atoms with Gasteiger partial charge in [0, 0.05) is 19.3 Å². The van der Waals surface area contributed by atoms with Crippen molar-refractivity contribution in [1.82, 2.24) is 5.32 Å². The van der Waals surface area contributed by atoms with E-state index in [1.165, 1.54) is 18.2 Å². The first-order valence-corrected chi connectivity index (χ1v) is 6.70. The zero-order valence-corrected chi connectivity index (χ0v) is 12.2. The van der Waals surface area contributed by atoms with Crippen LogP contribution in [0.5, 0.6) is 0 Å². The van der Waals surface area contributed by atoms with E-state index in [9.17, 15) is 14.0 Å². The highest BCUT2D eigenvalue weighted by Crippen LogP contribution is 2.12. The molecule has 1 rings (SSSR count). The van der Waals surface area contributed by atoms with Gasteiger partial charge < -0.3 is 15.2 Å². The summed E-state index contributed by atoms with van der Waals surface area (Å²) in [6.07, 6.45) is 0.352. The number of Topliss-reactive ketones (excluding diaryl/α,β-unsaturated/α-hetero) is 1. The van der Waals surface area contributed by atoms with Gasteiger partial charge in [0.25, 0.3) is 0 Å². The van der Waals surface area contributed by atoms with Gasteiger partial charge in [0.2, 0.25) is 0 Å². The van der Waals surface area contributed by atoms with E-state index in [1.54, 1.807) is 14.0 Å². The zero-order chi connectivity index (χ0) is 15.8. The van der Waals surface area contributed by atoms with E-state index in [2.05, 4.69) is 5.32 Å². The lowest BCUT2D eigenvalue weighted by Crippen LogP contribution is -2.39. The number of carboxylic acid groups (broad SMARTS) is 1. The predicted octanol–water partition coefficient (Wildman–Crippen LogP) is 1.79. The largest absolute Gasteiger partial charge is 0.481 e. The SMILES string of the molecule is COCCCNC(CC(=O)O)C(=O)c1ccc(F)c(C)c1. The molecule has 1 atom stereocenters. The Balaban J connectivity index is 2.78. The first kappa shape index (κ1) is 17.3. The number of methoxy groups -OCH3 is 1. The molecule has 0 aliphatic heterocycles. The zero-order valence-electron chi connectivity index (χ0n) is 12.2. The molecule has 5 nitrogen and oxygen atoms in total. The molecule has 6 heteroatoms. The molecule has 0 amide bonds. The van der Waals surface area contributed by atoms with Crippen LogP contribution in [-0.2, 0) is 9.53 Å². The maximum atomic E-state index is 13.2. The number of carboxylic acids is 1. The van der Waals surface area contributed by atoms with Crippen LogP contribution in [0.25, 0.3) is 0 Å². The molecule has 1 aromatic rings. The second-order valence-electron chi connectivity index (χ2n) is 4.78. The van der Waals surface area contributed by atoms with Crippen LogP contribution >= 0.6 is 0 Å². The van der Waals surface area contributed by atoms with Crippen molar-refractivity contribution in [3.63, 3.8) is 0 Å². The molecule has 0 saturated heterocycles. The topological polar surface area (TPSA) is 75.6 Å². The van der Waals surface area contributed by atoms with Gasteiger partial charge in [0.05, 0.1) is 12.5 Å². The van der Waals surface area contributed by atoms with E-state index in [4.69, 9.17) is 9.84 Å². The summed E-state index contributed by atoms with van der Waals surface area (Å²) >= 11 is 0. The molecule has 0 heterocycles. The molecule has 0 radical (unpaired) electrons. The number of carbonyl (C=O) groups excluding carboxylic acids is 1. The van der Waals surface area contributed by atoms with Crippen LogP contribution in [0.2, 0.25) is 0 Å². The second kappa shape index (κ2) is 8.49. The van der Waals surface area contributed by atoms with Crippen LogP contribution in [0.15, 0.2) is 18.2 Å². The first-order chi connectivity index (χ1) is 9.95. The molecule has 1 aromatic carbocycles. The van der Waals surface area contributed by atoms with E-state index >= 15 is 0 Å². The molecule has 0 bridgehead atoms. The summed E-state index contributed by atoms with van der Waals surface area (Å²) in [6.45, 7) is 2.55. The third-order valence-electron chi connectivity index (χ3n) is 3.05. The number of nitrogens with one attached hydrogen (secondary N) is 1. The fraction of sp³-hybridized carbons (Fsp3) is 0.467. The van der Waals surface area contributed by atoms with E-state index in [1.807, 2.05) is 0 Å². The van der Waals surface area contributed by atoms with Gasteiger partial charge in [-0.15, -0.1) is 0 Å². The molecule has 0 saturated carbocycles. The molecule has 0 aliphatic rings. The van der Waals surface area contributed by atoms with Crippen LogP contribution < -0.4 is 5.32 Å². The highest BCUT2D eigenvalue weighted by Gasteiger charge is 2.22. The molecule has 0 aromatic heterocycles. The number of halogens is 1. The molecule has 1 unspecified atom stereocenters. The normalized spacial score (nSPS) is 12.1. The van der Waals surface area contributed by atoms with Crippen molar-refractivity contribution >= 4 is 11.8 Å². The van der Waals surface area contributed by atoms with Gasteiger partial charge in [0.15, 0.2) is 5.78 Å². The molecule has 0 aliphatic carbocycles. The van der Waals surface area contributed by atoms with Gasteiger partial charge >= 0.3 is 5.97 Å². The number of ether oxygens (including phenoxy) is 1. The molecular weight excluding hydrogens is 277 g/mol. The van der Waals surface area contributed by atoms with Gasteiger partial charge in [-0.2, -0.15) is 0 Å². The molecule has 0 fully saturated rings. The van der Waals surface area contributed by atoms with E-state index in [0.29, 0.717) is 30.7 Å². The average Bonchev–Trinajstić information content (AvgIpc) is 2.44. The van der Waals surface area contributed by atoms with Crippen LogP contribution in [0.1, 0.15) is 28.8 Å². The molecule has 2 N–H and O–H groups in total. The predicted molar refractivity (Wildman–Crippen MR) is 76.0 cm³/mol. The van der Waals surface area contributed by atoms with Gasteiger partial charge in [-0.25, -0.2) is 4.39 Å². The fourth-order valence-electron chi connectivity index (χ4n) is 1.92. The summed E-state index contributed by atoms with van der Waals surface area (Å²) in [5.74, 6) is -1.81. The monoisotopic (exact) mass is 297 g/mol. The fourth-order valence-corrected chi connectivity index (χ4v) is 1.92. The number of carbonyl (C=O) groups is 2. The number of ketones is 1. The van der Waals surface area contributed by atoms with E-state index in [-0.39, 0.29) is 12.2 Å². The van der Waals surface area contributed by atoms with Gasteiger partial charge in [0.1, 0.15) is 5.82 Å². The highest BCUT2D eigenvalue weighted by atomic mass is 19.1. The van der Waals surface area contributed by atoms with Crippen LogP contribution in [0.4, 0.5) is 4.39 Å². The van der Waals surface area contributed by atoms with Crippen molar-refractivity contribution in [2.45, 2.75) is 25.8 Å². The minimum atomic E-state index is -1.06. The Morgan fingerprint density at radius 2 is 2.14 bits per heavy atom. The lowest BCUT2D eigenvalue weighted by molar-refractivity contribution is -0.137. The molecule has 116 valence electrons. The van der Waals surface area contributed by atoms with Gasteiger partial charge in [-0.05, 0) is 43.7 Å². The molecule has 0 spiro atoms. The maximum absolute atomic E-state index is 13.2. The van der Waals surface area contributed by atoms with Gasteiger partial charge in [-0.3, -0.25) is 9.59 Å². The number of benzene rings is 1. The van der Waals surface area contributed by atoms with Crippen LogP contribution in [0.3, 0.4) is 0 Å². The van der Waals surface area contributed by atoms with E-state index in [0.717, 1.165) is 0 Å². The summed E-state index contributed by atoms with van der Waals surface area (Å²) in [6, 6.07) is 3.19. The number of hydrogen-bond acceptors (Lipinski definition) is 4. The third kappa shape index (κ3) is 5.61. The minimum absolute atomic E-state index is 0.305. The van der Waals surface area contributed by atoms with Crippen molar-refractivity contribution in [2.75, 3.05) is 20.3 Å². The Kier molecular flexibility index (Phi) is 6.98. The summed E-state index contributed by atoms with van der Waals surface area (Å²) in [5, 5.41) is 11.8. The third-order valence-corrected chi connectivity index (χ3v) is 3.05. The minimum Gasteiger partial charge on any atom is -0.481 e. The van der Waals surface area contributed by atoms with Crippen molar-refractivity contribution in [3.05, 3.63) is 35.1 Å². The number of hydrogen-bond donors (Lipinski definition) is 2. The maximum Gasteiger partial charge on any atom is 0.305 e. The summed E-state index contributed by atoms with van der Waals surface area (Å²) in [5.41, 5.74) is 0.661. The van der Waals surface area contributed by atoms with Crippen molar-refractivity contribution in [3.8, 4) is 0 Å². The lowest BCUT2D eigenvalue weighted by atomic mass is 9.99. The quantitative estimate of drug-likeness (QED) is 0.537. The Bertz CT molecular complexity index is 504. The Hall–Kier alpha value is -1.79. The Morgan fingerprint density at radius 3 is 2.71 bits per heavy atom. The standard InChI is InChI=1S/C15H20FNO4/c1-10-8-11(4-5-12(10)16)15(20)13(9-14(18)19)17-6-3-7-21-2/h4-5,8,13,17H,3,6-7,9H2,1-2H3,(H,18,19). The van der Waals surface area contributed by atoms with Crippen LogP contribution in [-0.4, -0.2) is 43.2 Å². The smallest absolute Gasteiger partial charge is 0.305 e. The summed E-state index contributed by atoms with van der Waals surface area (Å²) < 4.78 is 18.1. The van der Waals surface area contributed by atoms with Crippen LogP contribution in [0, 0.1) is 12.7 Å². The van der Waals surface area contributed by atoms with Crippen molar-refractivity contribution < 1.29 is 23.8 Å². The Labute approximate surface area is 123 Å². The van der Waals surface area contributed by atoms with Gasteiger partial charge in [-0.1, -0.05) is 0 Å². The highest BCUT2D eigenvalue weighted by molar-refractivity contribution is 6.01. The first-order valence-electron chi connectivity index (χ1n) is 6.70. The molecule has 21 heavy (non-hydrogen) atoms. The summed E-state index contributed by atoms with van der Waals surface area (Å²) in [4.78, 5) is 23.2. The lowest BCUT2D eigenvalue weighted by Gasteiger charge is -2.16.